The second-order valence-corrected chi connectivity index (χ2v) is 5.88. The molecule has 10 heteroatoms. The highest BCUT2D eigenvalue weighted by molar-refractivity contribution is 5.92. The van der Waals surface area contributed by atoms with Crippen molar-refractivity contribution in [2.75, 3.05) is 13.1 Å². The zero-order valence-electron chi connectivity index (χ0n) is 13.9. The normalized spacial score (nSPS) is 19.4. The van der Waals surface area contributed by atoms with Crippen molar-refractivity contribution in [3.8, 4) is 0 Å². The number of rotatable bonds is 8. The van der Waals surface area contributed by atoms with Crippen molar-refractivity contribution in [2.24, 2.45) is 27.9 Å². The maximum atomic E-state index is 12.5. The van der Waals surface area contributed by atoms with E-state index in [1.807, 2.05) is 0 Å². The molecule has 0 spiro atoms. The Balaban J connectivity index is 2.56. The molecule has 0 saturated carbocycles. The van der Waals surface area contributed by atoms with Crippen LogP contribution in [-0.4, -0.2) is 59.8 Å². The monoisotopic (exact) mass is 353 g/mol. The van der Waals surface area contributed by atoms with Gasteiger partial charge in [0.2, 0.25) is 17.7 Å². The molecule has 0 aromatic rings. The molecule has 24 heavy (non-hydrogen) atoms. The first-order valence-corrected chi connectivity index (χ1v) is 7.95. The number of nitrogens with zero attached hydrogens (tertiary/aromatic N) is 2. The summed E-state index contributed by atoms with van der Waals surface area (Å²) in [6.45, 7) is 2.35. The maximum absolute atomic E-state index is 12.5. The molecule has 10 nitrogen and oxygen atoms in total. The predicted molar refractivity (Wildman–Crippen MR) is 89.4 cm³/mol. The van der Waals surface area contributed by atoms with Crippen molar-refractivity contribution in [3.63, 3.8) is 0 Å². The van der Waals surface area contributed by atoms with E-state index in [2.05, 4.69) is 10.3 Å². The van der Waals surface area contributed by atoms with E-state index in [4.69, 9.17) is 22.9 Å². The minimum absolute atomic E-state index is 0.00486. The highest BCUT2D eigenvalue weighted by Gasteiger charge is 2.36. The van der Waals surface area contributed by atoms with E-state index in [1.54, 1.807) is 0 Å². The van der Waals surface area contributed by atoms with E-state index in [0.717, 1.165) is 0 Å². The molecule has 1 heterocycles. The van der Waals surface area contributed by atoms with Crippen LogP contribution in [0.25, 0.3) is 0 Å². The Kier molecular flexibility index (Phi) is 7.43. The average molecular weight is 353 g/mol. The minimum Gasteiger partial charge on any atom is -0.370 e. The molecule has 0 aromatic heterocycles. The van der Waals surface area contributed by atoms with Crippen molar-refractivity contribution in [3.05, 3.63) is 0 Å². The molecule has 0 bridgehead atoms. The molecule has 9 N–H and O–H groups in total. The van der Waals surface area contributed by atoms with Gasteiger partial charge in [-0.25, -0.2) is 0 Å². The van der Waals surface area contributed by atoms with Gasteiger partial charge in [0.1, 0.15) is 12.1 Å². The van der Waals surface area contributed by atoms with Gasteiger partial charge >= 0.3 is 0 Å². The summed E-state index contributed by atoms with van der Waals surface area (Å²) in [6, 6.07) is -2.13. The molecule has 0 aliphatic carbocycles. The second-order valence-electron chi connectivity index (χ2n) is 5.88. The van der Waals surface area contributed by atoms with E-state index < -0.39 is 24.0 Å². The molecule has 0 aromatic carbocycles. The van der Waals surface area contributed by atoms with E-state index in [1.165, 1.54) is 11.8 Å². The first-order chi connectivity index (χ1) is 11.2. The number of primary amides is 1. The number of likely N-dealkylation sites (tertiary alicyclic amines) is 1. The third-order valence-corrected chi connectivity index (χ3v) is 3.91. The molecule has 3 amide bonds. The SMILES string of the molecule is C[C@@H](NC(=O)[C@@H]1CCCN1[14C](=O)[14C@H](N)[14CH2][14CH2][14CH2]N=[14C](N)N)C(N)=O. The van der Waals surface area contributed by atoms with Gasteiger partial charge in [-0.1, -0.05) is 0 Å². The van der Waals surface area contributed by atoms with Crippen LogP contribution < -0.4 is 28.3 Å². The minimum atomic E-state index is -0.789. The van der Waals surface area contributed by atoms with Crippen molar-refractivity contribution in [2.45, 2.75) is 50.7 Å². The highest BCUT2D eigenvalue weighted by atomic mass is 16.4. The summed E-state index contributed by atoms with van der Waals surface area (Å²) in [5, 5.41) is 2.52. The lowest BCUT2D eigenvalue weighted by molar-refractivity contribution is -0.140. The molecule has 0 unspecified atom stereocenters. The number of hydrogen-bond acceptors (Lipinski definition) is 5. The molecule has 0 radical (unpaired) electrons. The Morgan fingerprint density at radius 1 is 1.46 bits per heavy atom. The summed E-state index contributed by atoms with van der Waals surface area (Å²) in [4.78, 5) is 41.0. The summed E-state index contributed by atoms with van der Waals surface area (Å²) in [6.07, 6.45) is 2.21. The van der Waals surface area contributed by atoms with E-state index in [0.29, 0.717) is 38.8 Å². The van der Waals surface area contributed by atoms with Gasteiger partial charge in [-0.3, -0.25) is 19.4 Å². The van der Waals surface area contributed by atoms with Gasteiger partial charge in [0, 0.05) is 13.1 Å². The number of aliphatic imine (C=N–C) groups is 1. The lowest BCUT2D eigenvalue weighted by Gasteiger charge is -2.27. The Labute approximate surface area is 141 Å². The number of nitrogens with two attached hydrogens (primary N) is 4. The van der Waals surface area contributed by atoms with Crippen molar-refractivity contribution in [1.82, 2.24) is 10.2 Å². The van der Waals surface area contributed by atoms with Crippen LogP contribution >= 0.6 is 0 Å². The third-order valence-electron chi connectivity index (χ3n) is 3.91. The van der Waals surface area contributed by atoms with Gasteiger partial charge in [0.05, 0.1) is 6.04 Å². The first kappa shape index (κ1) is 19.7. The molecule has 1 aliphatic heterocycles. The number of amides is 3. The molecule has 1 fully saturated rings. The molecular weight excluding hydrogens is 326 g/mol. The number of hydrogen-bond donors (Lipinski definition) is 5. The summed E-state index contributed by atoms with van der Waals surface area (Å²) < 4.78 is 0. The summed E-state index contributed by atoms with van der Waals surface area (Å²) >= 11 is 0. The first-order valence-electron chi connectivity index (χ1n) is 7.95. The molecule has 1 rings (SSSR count). The second kappa shape index (κ2) is 9.06. The number of carbonyl (C=O) groups is 3. The molecule has 3 atom stereocenters. The lowest BCUT2D eigenvalue weighted by atomic mass is 10.2. The fourth-order valence-corrected chi connectivity index (χ4v) is 2.54. The molecular formula is C14H27N7O3. The Morgan fingerprint density at radius 3 is 2.71 bits per heavy atom. The average Bonchev–Trinajstić information content (AvgIpc) is 2.99. The maximum Gasteiger partial charge on any atom is 0.243 e. The fourth-order valence-electron chi connectivity index (χ4n) is 2.54. The lowest BCUT2D eigenvalue weighted by Crippen LogP contribution is -2.54. The van der Waals surface area contributed by atoms with Gasteiger partial charge in [-0.05, 0) is 32.6 Å². The van der Waals surface area contributed by atoms with E-state index in [9.17, 15) is 14.4 Å². The molecule has 1 aliphatic rings. The van der Waals surface area contributed by atoms with Gasteiger partial charge in [-0.2, -0.15) is 0 Å². The quantitative estimate of drug-likeness (QED) is 0.180. The highest BCUT2D eigenvalue weighted by Crippen LogP contribution is 2.19. The largest absolute Gasteiger partial charge is 0.370 e. The summed E-state index contributed by atoms with van der Waals surface area (Å²) in [5.74, 6) is -1.31. The molecule has 1 saturated heterocycles. The van der Waals surface area contributed by atoms with Crippen molar-refractivity contribution in [1.29, 1.82) is 0 Å². The zero-order chi connectivity index (χ0) is 18.3. The van der Waals surface area contributed by atoms with Gasteiger partial charge in [-0.15, -0.1) is 0 Å². The van der Waals surface area contributed by atoms with Crippen LogP contribution in [0.3, 0.4) is 0 Å². The predicted octanol–water partition coefficient (Wildman–Crippen LogP) is -2.65. The van der Waals surface area contributed by atoms with Crippen molar-refractivity contribution >= 4 is 23.7 Å². The summed E-state index contributed by atoms with van der Waals surface area (Å²) in [5.41, 5.74) is 21.5. The van der Waals surface area contributed by atoms with Crippen LogP contribution in [0, 0.1) is 0 Å². The van der Waals surface area contributed by atoms with E-state index in [-0.39, 0.29) is 17.8 Å². The number of nitrogens with one attached hydrogen (secondary N) is 1. The summed E-state index contributed by atoms with van der Waals surface area (Å²) in [7, 11) is 0. The Bertz CT molecular complexity index is 505. The standard InChI is InChI=1S/C14H27N7O3/c1-8(11(16)22)20-12(23)10-5-3-7-21(10)13(24)9(15)4-2-6-19-14(17)18/h8-10H,2-7,15H2,1H3,(H2,16,22)(H,20,23)(H4,17,18,19)/t8-,9-,10+/m1/s1/i2+2,4+2,6+2,9+2,13+2,14+2. The van der Waals surface area contributed by atoms with Crippen LogP contribution in [0.4, 0.5) is 0 Å². The van der Waals surface area contributed by atoms with Crippen LogP contribution in [0.5, 0.6) is 0 Å². The fraction of sp³-hybridized carbons (Fsp3) is 0.714. The smallest absolute Gasteiger partial charge is 0.243 e. The Morgan fingerprint density at radius 2 is 2.12 bits per heavy atom. The third kappa shape index (κ3) is 5.69. The van der Waals surface area contributed by atoms with Gasteiger partial charge < -0.3 is 33.2 Å². The van der Waals surface area contributed by atoms with E-state index >= 15 is 0 Å². The van der Waals surface area contributed by atoms with Crippen LogP contribution in [0.2, 0.25) is 0 Å². The topological polar surface area (TPSA) is 183 Å². The number of carbonyl (C=O) groups excluding carboxylic acids is 3. The van der Waals surface area contributed by atoms with Gasteiger partial charge in [0.25, 0.3) is 0 Å². The number of guanidine groups is 1. The van der Waals surface area contributed by atoms with Crippen LogP contribution in [0.15, 0.2) is 4.99 Å². The van der Waals surface area contributed by atoms with Crippen molar-refractivity contribution < 1.29 is 14.4 Å². The molecule has 136 valence electrons. The Hall–Kier alpha value is -2.36. The van der Waals surface area contributed by atoms with Gasteiger partial charge in [0.15, 0.2) is 5.96 Å². The zero-order valence-corrected chi connectivity index (χ0v) is 13.9. The van der Waals surface area contributed by atoms with Crippen LogP contribution in [0.1, 0.15) is 32.6 Å². The van der Waals surface area contributed by atoms with Crippen LogP contribution in [-0.2, 0) is 14.4 Å².